The van der Waals surface area contributed by atoms with Gasteiger partial charge in [0.15, 0.2) is 23.1 Å². The molecule has 2 N–H and O–H groups in total. The number of hydrogen-bond acceptors (Lipinski definition) is 4. The zero-order chi connectivity index (χ0) is 23.6. The smallest absolute Gasteiger partial charge is 0.319 e. The molecule has 2 aromatic carbocycles. The summed E-state index contributed by atoms with van der Waals surface area (Å²) in [4.78, 5) is 15.0. The summed E-state index contributed by atoms with van der Waals surface area (Å²) in [7, 11) is 3.28. The summed E-state index contributed by atoms with van der Waals surface area (Å²) in [6.45, 7) is 4.11. The van der Waals surface area contributed by atoms with E-state index in [1.807, 2.05) is 6.07 Å². The van der Waals surface area contributed by atoms with E-state index in [9.17, 15) is 13.6 Å². The average molecular weight is 460 g/mol. The number of rotatable bonds is 6. The normalized spacial score (nSPS) is 24.8. The van der Waals surface area contributed by atoms with Crippen molar-refractivity contribution in [1.82, 2.24) is 10.2 Å². The number of carbonyl (C=O) groups excluding carboxylic acids is 1. The highest BCUT2D eigenvalue weighted by Crippen LogP contribution is 2.50. The molecule has 1 saturated heterocycles. The van der Waals surface area contributed by atoms with Gasteiger partial charge in [-0.25, -0.2) is 13.6 Å². The maximum Gasteiger partial charge on any atom is 0.319 e. The number of carbonyl (C=O) groups is 1. The molecular formula is C25H31F2N3O3. The zero-order valence-electron chi connectivity index (χ0n) is 19.3. The Labute approximate surface area is 193 Å². The van der Waals surface area contributed by atoms with E-state index >= 15 is 0 Å². The summed E-state index contributed by atoms with van der Waals surface area (Å²) < 4.78 is 37.6. The summed E-state index contributed by atoms with van der Waals surface area (Å²) >= 11 is 0. The van der Waals surface area contributed by atoms with Crippen LogP contribution >= 0.6 is 0 Å². The van der Waals surface area contributed by atoms with Crippen LogP contribution in [-0.4, -0.2) is 50.3 Å². The summed E-state index contributed by atoms with van der Waals surface area (Å²) in [6.07, 6.45) is 3.62. The van der Waals surface area contributed by atoms with Crippen molar-refractivity contribution >= 4 is 11.7 Å². The van der Waals surface area contributed by atoms with Crippen LogP contribution in [0.5, 0.6) is 11.5 Å². The molecule has 1 aliphatic heterocycles. The Hall–Kier alpha value is -2.87. The van der Waals surface area contributed by atoms with Crippen LogP contribution in [0.4, 0.5) is 19.3 Å². The summed E-state index contributed by atoms with van der Waals surface area (Å²) in [5.74, 6) is -0.497. The van der Waals surface area contributed by atoms with Crippen molar-refractivity contribution in [2.75, 3.05) is 32.6 Å². The Kier molecular flexibility index (Phi) is 6.74. The molecule has 1 heterocycles. The van der Waals surface area contributed by atoms with Gasteiger partial charge in [0.05, 0.1) is 14.2 Å². The SMILES string of the molecule is CCN1CC[C@]2(c3ccc(OC)c(OC)c3)CC[C@H](NC(=O)Nc3ccc(F)c(F)c3)C[C@@H]12. The Bertz CT molecular complexity index is 1020. The fourth-order valence-corrected chi connectivity index (χ4v) is 5.56. The Morgan fingerprint density at radius 2 is 1.88 bits per heavy atom. The van der Waals surface area contributed by atoms with E-state index in [1.54, 1.807) is 14.2 Å². The maximum absolute atomic E-state index is 13.5. The summed E-state index contributed by atoms with van der Waals surface area (Å²) in [5, 5.41) is 5.64. The topological polar surface area (TPSA) is 62.8 Å². The minimum Gasteiger partial charge on any atom is -0.493 e. The molecule has 0 aromatic heterocycles. The molecule has 8 heteroatoms. The molecule has 0 bridgehead atoms. The molecule has 2 aliphatic rings. The van der Waals surface area contributed by atoms with Crippen molar-refractivity contribution in [3.8, 4) is 11.5 Å². The molecule has 0 spiro atoms. The van der Waals surface area contributed by atoms with E-state index in [4.69, 9.17) is 9.47 Å². The number of halogens is 2. The summed E-state index contributed by atoms with van der Waals surface area (Å²) in [6, 6.07) is 9.37. The van der Waals surface area contributed by atoms with E-state index in [0.717, 1.165) is 56.7 Å². The van der Waals surface area contributed by atoms with Crippen LogP contribution in [0.15, 0.2) is 36.4 Å². The molecule has 3 atom stereocenters. The Morgan fingerprint density at radius 3 is 2.58 bits per heavy atom. The van der Waals surface area contributed by atoms with Gasteiger partial charge in [0.25, 0.3) is 0 Å². The largest absolute Gasteiger partial charge is 0.493 e. The molecule has 6 nitrogen and oxygen atoms in total. The number of ether oxygens (including phenoxy) is 2. The molecule has 0 unspecified atom stereocenters. The molecule has 2 fully saturated rings. The third kappa shape index (κ3) is 4.49. The van der Waals surface area contributed by atoms with Gasteiger partial charge < -0.3 is 20.1 Å². The molecule has 178 valence electrons. The molecule has 0 radical (unpaired) electrons. The van der Waals surface area contributed by atoms with E-state index in [2.05, 4.69) is 34.6 Å². The van der Waals surface area contributed by atoms with Crippen molar-refractivity contribution in [2.45, 2.75) is 50.1 Å². The number of amides is 2. The number of anilines is 1. The lowest BCUT2D eigenvalue weighted by molar-refractivity contribution is 0.141. The van der Waals surface area contributed by atoms with Gasteiger partial charge in [-0.2, -0.15) is 0 Å². The average Bonchev–Trinajstić information content (AvgIpc) is 3.20. The number of benzene rings is 2. The van der Waals surface area contributed by atoms with Gasteiger partial charge in [-0.05, 0) is 68.6 Å². The first kappa shape index (κ1) is 23.3. The molecule has 2 aromatic rings. The number of likely N-dealkylation sites (tertiary alicyclic amines) is 1. The Balaban J connectivity index is 1.50. The number of nitrogens with zero attached hydrogens (tertiary/aromatic N) is 1. The number of urea groups is 1. The standard InChI is InChI=1S/C25H31F2N3O3/c1-4-30-12-11-25(16-5-8-21(32-2)22(13-16)33-3)10-9-18(15-23(25)30)29-24(31)28-17-6-7-19(26)20(27)14-17/h5-8,13-14,18,23H,4,9-12,15H2,1-3H3,(H2,28,29,31)/t18-,23+,25-/m0/s1. The van der Waals surface area contributed by atoms with Gasteiger partial charge in [0, 0.05) is 29.3 Å². The monoisotopic (exact) mass is 459 g/mol. The molecule has 2 amide bonds. The molecule has 33 heavy (non-hydrogen) atoms. The van der Waals surface area contributed by atoms with Gasteiger partial charge in [-0.1, -0.05) is 13.0 Å². The first-order valence-electron chi connectivity index (χ1n) is 11.4. The predicted molar refractivity (Wildman–Crippen MR) is 123 cm³/mol. The zero-order valence-corrected chi connectivity index (χ0v) is 19.3. The highest BCUT2D eigenvalue weighted by Gasteiger charge is 2.51. The number of hydrogen-bond donors (Lipinski definition) is 2. The van der Waals surface area contributed by atoms with Crippen LogP contribution in [0.1, 0.15) is 38.2 Å². The van der Waals surface area contributed by atoms with E-state index in [1.165, 1.54) is 11.6 Å². The van der Waals surface area contributed by atoms with Gasteiger partial charge in [0.1, 0.15) is 0 Å². The number of fused-ring (bicyclic) bond motifs is 1. The highest BCUT2D eigenvalue weighted by molar-refractivity contribution is 5.89. The number of likely N-dealkylation sites (N-methyl/N-ethyl adjacent to an activating group) is 1. The predicted octanol–water partition coefficient (Wildman–Crippen LogP) is 4.69. The minimum absolute atomic E-state index is 0.00962. The first-order valence-corrected chi connectivity index (χ1v) is 11.4. The highest BCUT2D eigenvalue weighted by atomic mass is 19.2. The van der Waals surface area contributed by atoms with Crippen LogP contribution in [0, 0.1) is 11.6 Å². The molecule has 1 saturated carbocycles. The van der Waals surface area contributed by atoms with Gasteiger partial charge in [-0.15, -0.1) is 0 Å². The summed E-state index contributed by atoms with van der Waals surface area (Å²) in [5.41, 5.74) is 1.45. The molecular weight excluding hydrogens is 428 g/mol. The van der Waals surface area contributed by atoms with Gasteiger partial charge >= 0.3 is 6.03 Å². The van der Waals surface area contributed by atoms with Crippen molar-refractivity contribution in [1.29, 1.82) is 0 Å². The maximum atomic E-state index is 13.5. The number of nitrogens with one attached hydrogen (secondary N) is 2. The van der Waals surface area contributed by atoms with E-state index < -0.39 is 17.7 Å². The molecule has 4 rings (SSSR count). The van der Waals surface area contributed by atoms with Crippen LogP contribution in [0.3, 0.4) is 0 Å². The van der Waals surface area contributed by atoms with E-state index in [-0.39, 0.29) is 23.2 Å². The van der Waals surface area contributed by atoms with E-state index in [0.29, 0.717) is 5.75 Å². The van der Waals surface area contributed by atoms with Crippen molar-refractivity contribution < 1.29 is 23.0 Å². The third-order valence-electron chi connectivity index (χ3n) is 7.25. The van der Waals surface area contributed by atoms with Crippen molar-refractivity contribution in [2.24, 2.45) is 0 Å². The van der Waals surface area contributed by atoms with Crippen LogP contribution in [0.2, 0.25) is 0 Å². The minimum atomic E-state index is -0.991. The van der Waals surface area contributed by atoms with Crippen LogP contribution < -0.4 is 20.1 Å². The second-order valence-corrected chi connectivity index (χ2v) is 8.82. The fraction of sp³-hybridized carbons (Fsp3) is 0.480. The molecule has 1 aliphatic carbocycles. The second-order valence-electron chi connectivity index (χ2n) is 8.82. The Morgan fingerprint density at radius 1 is 1.09 bits per heavy atom. The van der Waals surface area contributed by atoms with Crippen molar-refractivity contribution in [3.05, 3.63) is 53.6 Å². The van der Waals surface area contributed by atoms with Gasteiger partial charge in [-0.3, -0.25) is 4.90 Å². The lowest BCUT2D eigenvalue weighted by Gasteiger charge is -2.45. The lowest BCUT2D eigenvalue weighted by atomic mass is 9.65. The quantitative estimate of drug-likeness (QED) is 0.658. The lowest BCUT2D eigenvalue weighted by Crippen LogP contribution is -2.53. The van der Waals surface area contributed by atoms with Crippen molar-refractivity contribution in [3.63, 3.8) is 0 Å². The fourth-order valence-electron chi connectivity index (χ4n) is 5.56. The van der Waals surface area contributed by atoms with Crippen LogP contribution in [-0.2, 0) is 5.41 Å². The second kappa shape index (κ2) is 9.55. The van der Waals surface area contributed by atoms with Crippen LogP contribution in [0.25, 0.3) is 0 Å². The van der Waals surface area contributed by atoms with Gasteiger partial charge in [0.2, 0.25) is 0 Å². The first-order chi connectivity index (χ1) is 15.9. The third-order valence-corrected chi connectivity index (χ3v) is 7.25. The number of methoxy groups -OCH3 is 2.